The number of allylic oxidation sites excluding steroid dienone is 2. The Morgan fingerprint density at radius 1 is 1.17 bits per heavy atom. The largest absolute Gasteiger partial charge is 0.323 e. The van der Waals surface area contributed by atoms with Crippen molar-refractivity contribution in [1.29, 1.82) is 5.26 Å². The quantitative estimate of drug-likeness (QED) is 0.472. The zero-order valence-corrected chi connectivity index (χ0v) is 22.4. The van der Waals surface area contributed by atoms with Crippen LogP contribution in [-0.2, 0) is 9.59 Å². The van der Waals surface area contributed by atoms with Gasteiger partial charge in [-0.25, -0.2) is 0 Å². The monoisotopic (exact) mass is 513 g/mol. The highest BCUT2D eigenvalue weighted by Gasteiger charge is 2.61. The number of anilines is 1. The summed E-state index contributed by atoms with van der Waals surface area (Å²) in [5, 5.41) is 13.2. The third-order valence-electron chi connectivity index (χ3n) is 10.1. The highest BCUT2D eigenvalue weighted by Crippen LogP contribution is 2.67. The maximum Gasteiger partial charge on any atom is 0.228 e. The van der Waals surface area contributed by atoms with Crippen LogP contribution >= 0.6 is 23.2 Å². The van der Waals surface area contributed by atoms with Gasteiger partial charge in [-0.2, -0.15) is 5.26 Å². The molecule has 3 aliphatic carbocycles. The number of hydrogen-bond donors (Lipinski definition) is 1. The Bertz CT molecular complexity index is 1190. The van der Waals surface area contributed by atoms with E-state index in [0.29, 0.717) is 34.9 Å². The van der Waals surface area contributed by atoms with Crippen LogP contribution in [0.4, 0.5) is 5.69 Å². The van der Waals surface area contributed by atoms with Gasteiger partial charge in [0.1, 0.15) is 6.07 Å². The molecule has 0 unspecified atom stereocenters. The third-order valence-corrected chi connectivity index (χ3v) is 10.6. The molecule has 1 aliphatic heterocycles. The van der Waals surface area contributed by atoms with Gasteiger partial charge in [0.25, 0.3) is 0 Å². The highest BCUT2D eigenvalue weighted by atomic mass is 35.5. The first-order valence-corrected chi connectivity index (χ1v) is 13.4. The van der Waals surface area contributed by atoms with Crippen LogP contribution in [0.3, 0.4) is 0 Å². The summed E-state index contributed by atoms with van der Waals surface area (Å²) in [5.41, 5.74) is 3.16. The van der Waals surface area contributed by atoms with Gasteiger partial charge in [-0.05, 0) is 80.8 Å². The summed E-state index contributed by atoms with van der Waals surface area (Å²) in [6.07, 6.45) is 6.48. The van der Waals surface area contributed by atoms with Crippen molar-refractivity contribution >= 4 is 40.7 Å². The molecule has 3 fully saturated rings. The molecule has 0 bridgehead atoms. The fraction of sp³-hybridized carbons (Fsp3) is 0.607. The second-order valence-electron chi connectivity index (χ2n) is 11.7. The summed E-state index contributed by atoms with van der Waals surface area (Å²) in [4.78, 5) is 28.0. The molecule has 0 radical (unpaired) electrons. The van der Waals surface area contributed by atoms with Gasteiger partial charge >= 0.3 is 0 Å². The summed E-state index contributed by atoms with van der Waals surface area (Å²) in [7, 11) is 1.94. The van der Waals surface area contributed by atoms with Gasteiger partial charge in [-0.3, -0.25) is 9.59 Å². The van der Waals surface area contributed by atoms with Gasteiger partial charge in [0.05, 0.1) is 16.3 Å². The van der Waals surface area contributed by atoms with Gasteiger partial charge in [0.15, 0.2) is 0 Å². The number of nitrogens with zero attached hydrogens (tertiary/aromatic N) is 2. The Hall–Kier alpha value is -2.03. The standard InChI is InChI=1S/C28H33Cl2N3O2/c1-15-11-18-19-5-6-21(26(35)32-24-16(14-31)12-17(29)13-22(24)30)27(19,2)9-7-20(18)28(3)10-8-23(34)33(4)25(15)28/h12-13,18-21H,5-11H2,1-4H3,(H,32,35)/t18-,19-,20-,21+,27-,28+/m0/s1. The molecule has 0 spiro atoms. The van der Waals surface area contributed by atoms with Crippen LogP contribution in [-0.4, -0.2) is 23.8 Å². The van der Waals surface area contributed by atoms with Crippen LogP contribution in [0.2, 0.25) is 10.0 Å². The third kappa shape index (κ3) is 3.63. The topological polar surface area (TPSA) is 73.2 Å². The molecule has 1 heterocycles. The maximum absolute atomic E-state index is 13.6. The lowest BCUT2D eigenvalue weighted by Crippen LogP contribution is -2.54. The first-order chi connectivity index (χ1) is 16.5. The number of hydrogen-bond acceptors (Lipinski definition) is 3. The average molecular weight is 514 g/mol. The summed E-state index contributed by atoms with van der Waals surface area (Å²) in [6, 6.07) is 5.20. The molecule has 186 valence electrons. The number of halogens is 2. The van der Waals surface area contributed by atoms with Crippen molar-refractivity contribution in [3.05, 3.63) is 39.0 Å². The molecular formula is C28H33Cl2N3O2. The Morgan fingerprint density at radius 2 is 1.91 bits per heavy atom. The van der Waals surface area contributed by atoms with E-state index in [9.17, 15) is 14.9 Å². The van der Waals surface area contributed by atoms with Crippen LogP contribution in [0.25, 0.3) is 0 Å². The fourth-order valence-electron chi connectivity index (χ4n) is 8.54. The highest BCUT2D eigenvalue weighted by molar-refractivity contribution is 6.37. The molecule has 1 aromatic rings. The first-order valence-electron chi connectivity index (χ1n) is 12.7. The molecule has 5 rings (SSSR count). The molecule has 1 N–H and O–H groups in total. The van der Waals surface area contributed by atoms with E-state index in [1.165, 1.54) is 17.3 Å². The Balaban J connectivity index is 1.43. The normalized spacial score (nSPS) is 36.3. The van der Waals surface area contributed by atoms with Crippen molar-refractivity contribution in [3.8, 4) is 6.07 Å². The molecule has 4 aliphatic rings. The van der Waals surface area contributed by atoms with Gasteiger partial charge < -0.3 is 10.2 Å². The molecule has 1 saturated heterocycles. The minimum atomic E-state index is -0.124. The van der Waals surface area contributed by atoms with Crippen molar-refractivity contribution in [1.82, 2.24) is 4.90 Å². The smallest absolute Gasteiger partial charge is 0.228 e. The van der Waals surface area contributed by atoms with Crippen LogP contribution in [0, 0.1) is 45.8 Å². The lowest BCUT2D eigenvalue weighted by atomic mass is 9.48. The van der Waals surface area contributed by atoms with Crippen molar-refractivity contribution in [2.24, 2.45) is 34.5 Å². The number of carbonyl (C=O) groups excluding carboxylic acids is 2. The SMILES string of the molecule is CC1=C2N(C)C(=O)CC[C@]2(C)[C@H]2CC[C@]3(C)[C@@H](C(=O)Nc4c(Cl)cc(Cl)cc4C#N)CC[C@H]3[C@@H]2C1. The molecule has 7 heteroatoms. The second kappa shape index (κ2) is 8.53. The van der Waals surface area contributed by atoms with E-state index < -0.39 is 0 Å². The van der Waals surface area contributed by atoms with E-state index in [1.807, 2.05) is 11.9 Å². The molecule has 0 aromatic heterocycles. The van der Waals surface area contributed by atoms with Crippen LogP contribution in [0.5, 0.6) is 0 Å². The molecule has 2 amide bonds. The minimum absolute atomic E-state index is 0.0237. The van der Waals surface area contributed by atoms with E-state index in [1.54, 1.807) is 6.07 Å². The number of nitrogens with one attached hydrogen (secondary N) is 1. The molecule has 35 heavy (non-hydrogen) atoms. The number of nitriles is 1. The van der Waals surface area contributed by atoms with E-state index in [2.05, 4.69) is 32.2 Å². The molecular weight excluding hydrogens is 481 g/mol. The Kier molecular flexibility index (Phi) is 6.01. The zero-order chi connectivity index (χ0) is 25.3. The number of benzene rings is 1. The summed E-state index contributed by atoms with van der Waals surface area (Å²) in [6.45, 7) is 6.88. The van der Waals surface area contributed by atoms with Crippen molar-refractivity contribution in [2.45, 2.75) is 65.7 Å². The number of fused-ring (bicyclic) bond motifs is 5. The molecule has 6 atom stereocenters. The first kappa shape index (κ1) is 24.7. The van der Waals surface area contributed by atoms with Crippen molar-refractivity contribution in [2.75, 3.05) is 12.4 Å². The molecule has 5 nitrogen and oxygen atoms in total. The van der Waals surface area contributed by atoms with Crippen LogP contribution in [0.1, 0.15) is 71.3 Å². The van der Waals surface area contributed by atoms with Crippen LogP contribution < -0.4 is 5.32 Å². The van der Waals surface area contributed by atoms with Crippen molar-refractivity contribution < 1.29 is 9.59 Å². The predicted molar refractivity (Wildman–Crippen MR) is 138 cm³/mol. The number of piperidine rings is 1. The molecule has 1 aromatic carbocycles. The summed E-state index contributed by atoms with van der Waals surface area (Å²) in [5.74, 6) is 1.58. The van der Waals surface area contributed by atoms with E-state index in [0.717, 1.165) is 38.5 Å². The van der Waals surface area contributed by atoms with E-state index >= 15 is 0 Å². The van der Waals surface area contributed by atoms with Gasteiger partial charge in [0, 0.05) is 35.5 Å². The van der Waals surface area contributed by atoms with E-state index in [-0.39, 0.29) is 39.1 Å². The second-order valence-corrected chi connectivity index (χ2v) is 12.5. The number of carbonyl (C=O) groups is 2. The number of likely N-dealkylation sites (tertiary alicyclic amines) is 1. The van der Waals surface area contributed by atoms with Crippen LogP contribution in [0.15, 0.2) is 23.4 Å². The Morgan fingerprint density at radius 3 is 2.63 bits per heavy atom. The maximum atomic E-state index is 13.6. The summed E-state index contributed by atoms with van der Waals surface area (Å²) < 4.78 is 0. The fourth-order valence-corrected chi connectivity index (χ4v) is 9.08. The Labute approximate surface area is 217 Å². The zero-order valence-electron chi connectivity index (χ0n) is 20.9. The van der Waals surface area contributed by atoms with E-state index in [4.69, 9.17) is 23.2 Å². The van der Waals surface area contributed by atoms with Crippen molar-refractivity contribution in [3.63, 3.8) is 0 Å². The average Bonchev–Trinajstić information content (AvgIpc) is 3.15. The van der Waals surface area contributed by atoms with Gasteiger partial charge in [-0.1, -0.05) is 42.6 Å². The van der Waals surface area contributed by atoms with Gasteiger partial charge in [-0.15, -0.1) is 0 Å². The number of amides is 2. The van der Waals surface area contributed by atoms with Gasteiger partial charge in [0.2, 0.25) is 11.8 Å². The lowest BCUT2D eigenvalue weighted by molar-refractivity contribution is -0.137. The lowest BCUT2D eigenvalue weighted by Gasteiger charge is -2.59. The number of rotatable bonds is 2. The minimum Gasteiger partial charge on any atom is -0.323 e. The summed E-state index contributed by atoms with van der Waals surface area (Å²) >= 11 is 12.4. The molecule has 2 saturated carbocycles. The predicted octanol–water partition coefficient (Wildman–Crippen LogP) is 6.80.